The molecule has 3 atom stereocenters. The summed E-state index contributed by atoms with van der Waals surface area (Å²) in [6.45, 7) is 8.12. The van der Waals surface area contributed by atoms with E-state index in [0.29, 0.717) is 17.8 Å². The SMILES string of the molecule is C[C@H](C(=O)N1[C@H](C)CCC[C@@H]1C)N1CC=C(c2ccc(O)cc2)CC1. The number of phenolic OH excluding ortho intramolecular Hbond substituents is 1. The third-order valence-corrected chi connectivity index (χ3v) is 5.83. The Kier molecular flexibility index (Phi) is 5.48. The number of nitrogens with zero attached hydrogens (tertiary/aromatic N) is 2. The van der Waals surface area contributed by atoms with Gasteiger partial charge in [0.25, 0.3) is 0 Å². The first-order valence-electron chi connectivity index (χ1n) is 9.52. The molecule has 0 aromatic heterocycles. The first-order valence-corrected chi connectivity index (χ1v) is 9.52. The van der Waals surface area contributed by atoms with E-state index < -0.39 is 0 Å². The number of amides is 1. The summed E-state index contributed by atoms with van der Waals surface area (Å²) in [5.41, 5.74) is 2.46. The molecule has 0 spiro atoms. The second kappa shape index (κ2) is 7.61. The van der Waals surface area contributed by atoms with Gasteiger partial charge in [-0.3, -0.25) is 9.69 Å². The zero-order valence-corrected chi connectivity index (χ0v) is 15.6. The predicted octanol–water partition coefficient (Wildman–Crippen LogP) is 3.66. The fraction of sp³-hybridized carbons (Fsp3) is 0.571. The largest absolute Gasteiger partial charge is 0.508 e. The molecule has 0 aliphatic carbocycles. The average molecular weight is 342 g/mol. The summed E-state index contributed by atoms with van der Waals surface area (Å²) in [4.78, 5) is 17.4. The Morgan fingerprint density at radius 1 is 1.16 bits per heavy atom. The normalized spacial score (nSPS) is 26.2. The van der Waals surface area contributed by atoms with E-state index in [1.807, 2.05) is 12.1 Å². The Hall–Kier alpha value is -1.81. The molecule has 2 aliphatic heterocycles. The van der Waals surface area contributed by atoms with Gasteiger partial charge >= 0.3 is 0 Å². The second-order valence-electron chi connectivity index (χ2n) is 7.57. The number of likely N-dealkylation sites (tertiary alicyclic amines) is 1. The van der Waals surface area contributed by atoms with Crippen LogP contribution in [0, 0.1) is 0 Å². The number of piperidine rings is 1. The predicted molar refractivity (Wildman–Crippen MR) is 101 cm³/mol. The highest BCUT2D eigenvalue weighted by molar-refractivity contribution is 5.82. The number of rotatable bonds is 3. The Morgan fingerprint density at radius 3 is 2.36 bits per heavy atom. The molecule has 0 saturated carbocycles. The molecule has 1 saturated heterocycles. The van der Waals surface area contributed by atoms with E-state index in [1.54, 1.807) is 12.1 Å². The lowest BCUT2D eigenvalue weighted by Crippen LogP contribution is -2.55. The minimum atomic E-state index is -0.0689. The second-order valence-corrected chi connectivity index (χ2v) is 7.57. The number of hydrogen-bond donors (Lipinski definition) is 1. The monoisotopic (exact) mass is 342 g/mol. The van der Waals surface area contributed by atoms with Gasteiger partial charge in [-0.05, 0) is 69.7 Å². The van der Waals surface area contributed by atoms with Gasteiger partial charge in [-0.15, -0.1) is 0 Å². The summed E-state index contributed by atoms with van der Waals surface area (Å²) in [7, 11) is 0. The maximum atomic E-state index is 13.0. The van der Waals surface area contributed by atoms with E-state index in [1.165, 1.54) is 12.0 Å². The highest BCUT2D eigenvalue weighted by atomic mass is 16.3. The smallest absolute Gasteiger partial charge is 0.240 e. The molecule has 3 rings (SSSR count). The Labute approximate surface area is 151 Å². The molecule has 1 N–H and O–H groups in total. The first-order chi connectivity index (χ1) is 12.0. The minimum absolute atomic E-state index is 0.0689. The maximum Gasteiger partial charge on any atom is 0.240 e. The summed E-state index contributed by atoms with van der Waals surface area (Å²) in [5, 5.41) is 9.43. The van der Waals surface area contributed by atoms with Crippen LogP contribution in [0.5, 0.6) is 5.75 Å². The molecule has 25 heavy (non-hydrogen) atoms. The van der Waals surface area contributed by atoms with Crippen molar-refractivity contribution in [1.29, 1.82) is 0 Å². The fourth-order valence-electron chi connectivity index (χ4n) is 4.20. The van der Waals surface area contributed by atoms with Crippen LogP contribution >= 0.6 is 0 Å². The quantitative estimate of drug-likeness (QED) is 0.912. The van der Waals surface area contributed by atoms with Crippen LogP contribution in [-0.4, -0.2) is 52.0 Å². The molecule has 136 valence electrons. The number of phenols is 1. The summed E-state index contributed by atoms with van der Waals surface area (Å²) in [6, 6.07) is 8.02. The van der Waals surface area contributed by atoms with Crippen molar-refractivity contribution in [3.8, 4) is 5.75 Å². The summed E-state index contributed by atoms with van der Waals surface area (Å²) in [6.07, 6.45) is 6.63. The van der Waals surface area contributed by atoms with Crippen LogP contribution in [0.3, 0.4) is 0 Å². The van der Waals surface area contributed by atoms with Crippen LogP contribution in [0.1, 0.15) is 52.0 Å². The Bertz CT molecular complexity index is 628. The van der Waals surface area contributed by atoms with E-state index >= 15 is 0 Å². The maximum absolute atomic E-state index is 13.0. The highest BCUT2D eigenvalue weighted by Crippen LogP contribution is 2.27. The molecule has 1 fully saturated rings. The number of carbonyl (C=O) groups is 1. The van der Waals surface area contributed by atoms with E-state index in [9.17, 15) is 9.90 Å². The van der Waals surface area contributed by atoms with Gasteiger partial charge in [0, 0.05) is 25.2 Å². The van der Waals surface area contributed by atoms with Crippen LogP contribution in [0.2, 0.25) is 0 Å². The fourth-order valence-corrected chi connectivity index (χ4v) is 4.20. The van der Waals surface area contributed by atoms with Crippen molar-refractivity contribution in [2.45, 2.75) is 64.6 Å². The number of aromatic hydroxyl groups is 1. The van der Waals surface area contributed by atoms with E-state index in [-0.39, 0.29) is 11.9 Å². The zero-order valence-electron chi connectivity index (χ0n) is 15.6. The first kappa shape index (κ1) is 18.0. The van der Waals surface area contributed by atoms with Crippen LogP contribution < -0.4 is 0 Å². The molecule has 2 aliphatic rings. The van der Waals surface area contributed by atoms with Crippen molar-refractivity contribution < 1.29 is 9.90 Å². The highest BCUT2D eigenvalue weighted by Gasteiger charge is 2.34. The molecule has 0 bridgehead atoms. The molecule has 0 radical (unpaired) electrons. The molecule has 1 aromatic rings. The van der Waals surface area contributed by atoms with Crippen molar-refractivity contribution in [2.75, 3.05) is 13.1 Å². The molecule has 4 heteroatoms. The summed E-state index contributed by atoms with van der Waals surface area (Å²) < 4.78 is 0. The van der Waals surface area contributed by atoms with Gasteiger partial charge in [0.2, 0.25) is 5.91 Å². The van der Waals surface area contributed by atoms with Gasteiger partial charge in [0.1, 0.15) is 5.75 Å². The van der Waals surface area contributed by atoms with Gasteiger partial charge in [0.15, 0.2) is 0 Å². The van der Waals surface area contributed by atoms with E-state index in [0.717, 1.165) is 37.9 Å². The van der Waals surface area contributed by atoms with Crippen LogP contribution in [0.25, 0.3) is 5.57 Å². The lowest BCUT2D eigenvalue weighted by atomic mass is 9.95. The molecular weight excluding hydrogens is 312 g/mol. The molecule has 0 unspecified atom stereocenters. The van der Waals surface area contributed by atoms with Crippen molar-refractivity contribution >= 4 is 11.5 Å². The van der Waals surface area contributed by atoms with Crippen molar-refractivity contribution in [3.05, 3.63) is 35.9 Å². The summed E-state index contributed by atoms with van der Waals surface area (Å²) in [5.74, 6) is 0.576. The third-order valence-electron chi connectivity index (χ3n) is 5.83. The number of carbonyl (C=O) groups excluding carboxylic acids is 1. The Morgan fingerprint density at radius 2 is 1.80 bits per heavy atom. The lowest BCUT2D eigenvalue weighted by Gasteiger charge is -2.42. The van der Waals surface area contributed by atoms with Gasteiger partial charge in [-0.25, -0.2) is 0 Å². The lowest BCUT2D eigenvalue weighted by molar-refractivity contribution is -0.142. The van der Waals surface area contributed by atoms with E-state index in [4.69, 9.17) is 0 Å². The third kappa shape index (κ3) is 3.90. The van der Waals surface area contributed by atoms with Crippen LogP contribution in [0.15, 0.2) is 30.3 Å². The average Bonchev–Trinajstić information content (AvgIpc) is 2.61. The van der Waals surface area contributed by atoms with Gasteiger partial charge in [-0.2, -0.15) is 0 Å². The molecule has 1 aromatic carbocycles. The van der Waals surface area contributed by atoms with Crippen molar-refractivity contribution in [1.82, 2.24) is 9.80 Å². The van der Waals surface area contributed by atoms with Crippen LogP contribution in [-0.2, 0) is 4.79 Å². The number of benzene rings is 1. The summed E-state index contributed by atoms with van der Waals surface area (Å²) >= 11 is 0. The minimum Gasteiger partial charge on any atom is -0.508 e. The van der Waals surface area contributed by atoms with E-state index in [2.05, 4.69) is 36.6 Å². The molecular formula is C21H30N2O2. The zero-order chi connectivity index (χ0) is 18.0. The topological polar surface area (TPSA) is 43.8 Å². The van der Waals surface area contributed by atoms with Crippen molar-refractivity contribution in [2.24, 2.45) is 0 Å². The van der Waals surface area contributed by atoms with Gasteiger partial charge in [0.05, 0.1) is 6.04 Å². The molecule has 1 amide bonds. The molecule has 2 heterocycles. The van der Waals surface area contributed by atoms with Crippen molar-refractivity contribution in [3.63, 3.8) is 0 Å². The number of hydrogen-bond acceptors (Lipinski definition) is 3. The Balaban J connectivity index is 1.65. The van der Waals surface area contributed by atoms with Crippen LogP contribution in [0.4, 0.5) is 0 Å². The van der Waals surface area contributed by atoms with Gasteiger partial charge < -0.3 is 10.0 Å². The standard InChI is InChI=1S/C21H30N2O2/c1-15-5-4-6-16(2)23(15)21(25)17(3)22-13-11-19(12-14-22)18-7-9-20(24)10-8-18/h7-11,15-17,24H,4-6,12-14H2,1-3H3/t15-,16+,17-/m1/s1. The van der Waals surface area contributed by atoms with Gasteiger partial charge in [-0.1, -0.05) is 18.2 Å². The molecule has 4 nitrogen and oxygen atoms in total.